The number of likely N-dealkylation sites (tertiary alicyclic amines) is 1. The molecule has 2 aromatic rings. The van der Waals surface area contributed by atoms with Gasteiger partial charge < -0.3 is 10.2 Å². The number of alkyl halides is 3. The first-order valence-corrected chi connectivity index (χ1v) is 8.21. The van der Waals surface area contributed by atoms with Crippen LogP contribution in [0.25, 0.3) is 11.0 Å². The molecule has 0 aromatic carbocycles. The van der Waals surface area contributed by atoms with Gasteiger partial charge in [-0.05, 0) is 32.8 Å². The maximum Gasteiger partial charge on any atom is 0.393 e. The molecule has 1 aliphatic heterocycles. The number of aromatic nitrogens is 3. The molecule has 1 fully saturated rings. The van der Waals surface area contributed by atoms with Crippen LogP contribution in [0.1, 0.15) is 32.7 Å². The van der Waals surface area contributed by atoms with Gasteiger partial charge in [0.15, 0.2) is 5.65 Å². The van der Waals surface area contributed by atoms with E-state index >= 15 is 0 Å². The lowest BCUT2D eigenvalue weighted by molar-refractivity contribution is -0.183. The van der Waals surface area contributed by atoms with Crippen LogP contribution in [-0.4, -0.2) is 45.0 Å². The minimum atomic E-state index is -4.27. The molecular weight excluding hydrogens is 335 g/mol. The van der Waals surface area contributed by atoms with Crippen LogP contribution in [0.5, 0.6) is 0 Å². The van der Waals surface area contributed by atoms with Crippen LogP contribution in [0.3, 0.4) is 0 Å². The number of nitrogens with one attached hydrogen (secondary N) is 1. The zero-order valence-electron chi connectivity index (χ0n) is 14.0. The molecule has 0 radical (unpaired) electrons. The molecule has 0 saturated carbocycles. The molecule has 1 aliphatic rings. The summed E-state index contributed by atoms with van der Waals surface area (Å²) in [7, 11) is 0. The standard InChI is InChI=1S/C16H20F3N5O/c1-10(2)24-14-11(7-21-24)6-13(8-20-14)22-15(25)23-5-3-4-12(9-23)16(17,18)19/h6-8,10,12H,3-5,9H2,1-2H3,(H,22,25)/t12-/m1/s1. The number of pyridine rings is 1. The van der Waals surface area contributed by atoms with Crippen LogP contribution in [0.2, 0.25) is 0 Å². The number of anilines is 1. The highest BCUT2D eigenvalue weighted by atomic mass is 19.4. The molecule has 2 amide bonds. The smallest absolute Gasteiger partial charge is 0.324 e. The van der Waals surface area contributed by atoms with Crippen molar-refractivity contribution in [3.8, 4) is 0 Å². The van der Waals surface area contributed by atoms with Crippen LogP contribution in [-0.2, 0) is 0 Å². The van der Waals surface area contributed by atoms with Crippen molar-refractivity contribution >= 4 is 22.8 Å². The van der Waals surface area contributed by atoms with Gasteiger partial charge in [0.2, 0.25) is 0 Å². The predicted octanol–water partition coefficient (Wildman–Crippen LogP) is 3.82. The Hall–Kier alpha value is -2.32. The Morgan fingerprint density at radius 2 is 2.12 bits per heavy atom. The fraction of sp³-hybridized carbons (Fsp3) is 0.562. The number of urea groups is 1. The number of amides is 2. The molecule has 0 spiro atoms. The molecule has 6 nitrogen and oxygen atoms in total. The average molecular weight is 355 g/mol. The molecule has 25 heavy (non-hydrogen) atoms. The van der Waals surface area contributed by atoms with Crippen molar-refractivity contribution in [3.05, 3.63) is 18.5 Å². The molecule has 136 valence electrons. The van der Waals surface area contributed by atoms with Crippen LogP contribution in [0, 0.1) is 5.92 Å². The van der Waals surface area contributed by atoms with Gasteiger partial charge in [0.25, 0.3) is 0 Å². The van der Waals surface area contributed by atoms with Gasteiger partial charge in [-0.2, -0.15) is 18.3 Å². The highest BCUT2D eigenvalue weighted by Gasteiger charge is 2.42. The third-order valence-electron chi connectivity index (χ3n) is 4.35. The minimum Gasteiger partial charge on any atom is -0.324 e. The second-order valence-corrected chi connectivity index (χ2v) is 6.58. The summed E-state index contributed by atoms with van der Waals surface area (Å²) in [5, 5.41) is 7.64. The van der Waals surface area contributed by atoms with E-state index in [9.17, 15) is 18.0 Å². The fourth-order valence-corrected chi connectivity index (χ4v) is 3.02. The van der Waals surface area contributed by atoms with E-state index in [0.29, 0.717) is 24.3 Å². The van der Waals surface area contributed by atoms with Crippen molar-refractivity contribution < 1.29 is 18.0 Å². The van der Waals surface area contributed by atoms with Gasteiger partial charge in [-0.25, -0.2) is 14.5 Å². The molecule has 0 bridgehead atoms. The average Bonchev–Trinajstić information content (AvgIpc) is 2.97. The summed E-state index contributed by atoms with van der Waals surface area (Å²) < 4.78 is 40.4. The van der Waals surface area contributed by atoms with Gasteiger partial charge >= 0.3 is 12.2 Å². The quantitative estimate of drug-likeness (QED) is 0.891. The summed E-state index contributed by atoms with van der Waals surface area (Å²) in [5.41, 5.74) is 1.14. The van der Waals surface area contributed by atoms with E-state index in [-0.39, 0.29) is 19.0 Å². The number of hydrogen-bond donors (Lipinski definition) is 1. The molecule has 0 unspecified atom stereocenters. The van der Waals surface area contributed by atoms with Gasteiger partial charge in [-0.3, -0.25) is 0 Å². The van der Waals surface area contributed by atoms with Crippen molar-refractivity contribution in [1.29, 1.82) is 0 Å². The maximum atomic E-state index is 12.9. The topological polar surface area (TPSA) is 63.1 Å². The Labute approximate surface area is 143 Å². The fourth-order valence-electron chi connectivity index (χ4n) is 3.02. The molecular formula is C16H20F3N5O. The van der Waals surface area contributed by atoms with Crippen molar-refractivity contribution in [2.24, 2.45) is 5.92 Å². The molecule has 1 N–H and O–H groups in total. The molecule has 0 aliphatic carbocycles. The van der Waals surface area contributed by atoms with E-state index in [1.54, 1.807) is 16.9 Å². The van der Waals surface area contributed by atoms with Gasteiger partial charge in [-0.15, -0.1) is 0 Å². The van der Waals surface area contributed by atoms with Crippen molar-refractivity contribution in [1.82, 2.24) is 19.7 Å². The SMILES string of the molecule is CC(C)n1ncc2cc(NC(=O)N3CCC[C@@H](C(F)(F)F)C3)cnc21. The summed E-state index contributed by atoms with van der Waals surface area (Å²) >= 11 is 0. The molecule has 9 heteroatoms. The highest BCUT2D eigenvalue weighted by molar-refractivity contribution is 5.91. The molecule has 3 rings (SSSR count). The van der Waals surface area contributed by atoms with E-state index < -0.39 is 18.1 Å². The van der Waals surface area contributed by atoms with Crippen molar-refractivity contribution in [2.45, 2.75) is 38.9 Å². The Morgan fingerprint density at radius 3 is 2.80 bits per heavy atom. The Balaban J connectivity index is 1.71. The third-order valence-corrected chi connectivity index (χ3v) is 4.35. The molecule has 1 saturated heterocycles. The first kappa shape index (κ1) is 17.5. The first-order chi connectivity index (χ1) is 11.8. The Morgan fingerprint density at radius 1 is 1.36 bits per heavy atom. The monoisotopic (exact) mass is 355 g/mol. The highest BCUT2D eigenvalue weighted by Crippen LogP contribution is 2.33. The summed E-state index contributed by atoms with van der Waals surface area (Å²) in [4.78, 5) is 17.8. The van der Waals surface area contributed by atoms with E-state index in [1.165, 1.54) is 11.1 Å². The van der Waals surface area contributed by atoms with Gasteiger partial charge in [0.1, 0.15) is 0 Å². The Kier molecular flexibility index (Phi) is 4.57. The second kappa shape index (κ2) is 6.53. The number of carbonyl (C=O) groups is 1. The number of rotatable bonds is 2. The zero-order chi connectivity index (χ0) is 18.2. The van der Waals surface area contributed by atoms with Crippen LogP contribution in [0.4, 0.5) is 23.7 Å². The molecule has 2 aromatic heterocycles. The number of fused-ring (bicyclic) bond motifs is 1. The molecule has 1 atom stereocenters. The number of carbonyl (C=O) groups excluding carboxylic acids is 1. The summed E-state index contributed by atoms with van der Waals surface area (Å²) in [5.74, 6) is -1.46. The molecule has 3 heterocycles. The lowest BCUT2D eigenvalue weighted by Crippen LogP contribution is -2.46. The number of piperidine rings is 1. The first-order valence-electron chi connectivity index (χ1n) is 8.21. The van der Waals surface area contributed by atoms with Gasteiger partial charge in [-0.1, -0.05) is 0 Å². The number of hydrogen-bond acceptors (Lipinski definition) is 3. The largest absolute Gasteiger partial charge is 0.393 e. The second-order valence-electron chi connectivity index (χ2n) is 6.58. The van der Waals surface area contributed by atoms with E-state index in [2.05, 4.69) is 15.4 Å². The number of nitrogens with zero attached hydrogens (tertiary/aromatic N) is 4. The van der Waals surface area contributed by atoms with E-state index in [4.69, 9.17) is 0 Å². The summed E-state index contributed by atoms with van der Waals surface area (Å²) in [6, 6.07) is 1.33. The van der Waals surface area contributed by atoms with Crippen LogP contribution < -0.4 is 5.32 Å². The lowest BCUT2D eigenvalue weighted by Gasteiger charge is -2.33. The maximum absolute atomic E-state index is 12.9. The van der Waals surface area contributed by atoms with Crippen LogP contribution in [0.15, 0.2) is 18.5 Å². The van der Waals surface area contributed by atoms with Crippen molar-refractivity contribution in [2.75, 3.05) is 18.4 Å². The normalized spacial score (nSPS) is 18.8. The summed E-state index contributed by atoms with van der Waals surface area (Å²) in [6.45, 7) is 3.98. The lowest BCUT2D eigenvalue weighted by atomic mass is 9.98. The van der Waals surface area contributed by atoms with Gasteiger partial charge in [0.05, 0.1) is 24.0 Å². The van der Waals surface area contributed by atoms with Crippen LogP contribution >= 0.6 is 0 Å². The predicted molar refractivity (Wildman–Crippen MR) is 87.3 cm³/mol. The Bertz CT molecular complexity index is 771. The van der Waals surface area contributed by atoms with Crippen molar-refractivity contribution in [3.63, 3.8) is 0 Å². The minimum absolute atomic E-state index is 0.0647. The van der Waals surface area contributed by atoms with E-state index in [0.717, 1.165) is 5.39 Å². The van der Waals surface area contributed by atoms with E-state index in [1.807, 2.05) is 13.8 Å². The van der Waals surface area contributed by atoms with Gasteiger partial charge in [0, 0.05) is 24.5 Å². The number of halogens is 3. The zero-order valence-corrected chi connectivity index (χ0v) is 14.0. The third kappa shape index (κ3) is 3.69. The summed E-state index contributed by atoms with van der Waals surface area (Å²) in [6.07, 6.45) is -0.722.